The van der Waals surface area contributed by atoms with Crippen LogP contribution >= 0.6 is 0 Å². The minimum Gasteiger partial charge on any atom is -0.462 e. The lowest BCUT2D eigenvalue weighted by atomic mass is 10.0. The van der Waals surface area contributed by atoms with Crippen molar-refractivity contribution < 1.29 is 28.6 Å². The van der Waals surface area contributed by atoms with Gasteiger partial charge in [-0.15, -0.1) is 0 Å². The maximum atomic E-state index is 12.8. The van der Waals surface area contributed by atoms with Crippen LogP contribution in [0.2, 0.25) is 0 Å². The van der Waals surface area contributed by atoms with Gasteiger partial charge in [0.05, 0.1) is 0 Å². The van der Waals surface area contributed by atoms with Gasteiger partial charge >= 0.3 is 17.9 Å². The molecule has 0 heterocycles. The Morgan fingerprint density at radius 2 is 0.527 bits per heavy atom. The fourth-order valence-electron chi connectivity index (χ4n) is 9.21. The Labute approximate surface area is 459 Å². The van der Waals surface area contributed by atoms with E-state index in [9.17, 15) is 14.4 Å². The van der Waals surface area contributed by atoms with Gasteiger partial charge in [-0.1, -0.05) is 306 Å². The molecule has 6 nitrogen and oxygen atoms in total. The molecule has 0 radical (unpaired) electrons. The van der Waals surface area contributed by atoms with Gasteiger partial charge in [0, 0.05) is 19.3 Å². The number of carbonyl (C=O) groups excluding carboxylic acids is 3. The van der Waals surface area contributed by atoms with E-state index in [1.54, 1.807) is 0 Å². The summed E-state index contributed by atoms with van der Waals surface area (Å²) in [4.78, 5) is 38.0. The van der Waals surface area contributed by atoms with E-state index in [0.29, 0.717) is 19.3 Å². The van der Waals surface area contributed by atoms with Crippen LogP contribution in [-0.4, -0.2) is 37.2 Å². The van der Waals surface area contributed by atoms with Gasteiger partial charge in [0.25, 0.3) is 0 Å². The van der Waals surface area contributed by atoms with Crippen LogP contribution < -0.4 is 0 Å². The lowest BCUT2D eigenvalue weighted by Gasteiger charge is -2.18. The predicted octanol–water partition coefficient (Wildman–Crippen LogP) is 21.7. The minimum atomic E-state index is -0.767. The molecule has 0 aliphatic rings. The summed E-state index contributed by atoms with van der Waals surface area (Å²) in [7, 11) is 0. The van der Waals surface area contributed by atoms with Crippen molar-refractivity contribution in [2.45, 2.75) is 329 Å². The average Bonchev–Trinajstić information content (AvgIpc) is 3.40. The van der Waals surface area contributed by atoms with Crippen LogP contribution in [0.1, 0.15) is 323 Å². The average molecular weight is 1030 g/mol. The summed E-state index contributed by atoms with van der Waals surface area (Å²) in [5.74, 6) is -0.860. The van der Waals surface area contributed by atoms with Crippen LogP contribution in [0.3, 0.4) is 0 Å². The molecule has 0 aliphatic heterocycles. The molecule has 0 rings (SSSR count). The quantitative estimate of drug-likeness (QED) is 0.0261. The first-order valence-electron chi connectivity index (χ1n) is 31.9. The Bertz CT molecular complexity index is 1370. The number of hydrogen-bond donors (Lipinski definition) is 0. The van der Waals surface area contributed by atoms with Crippen molar-refractivity contribution in [1.29, 1.82) is 0 Å². The Morgan fingerprint density at radius 1 is 0.284 bits per heavy atom. The molecular weight excluding hydrogens is 913 g/mol. The normalized spacial score (nSPS) is 12.5. The van der Waals surface area contributed by atoms with E-state index >= 15 is 0 Å². The van der Waals surface area contributed by atoms with Gasteiger partial charge in [0.15, 0.2) is 6.10 Å². The molecule has 0 aromatic rings. The third-order valence-corrected chi connectivity index (χ3v) is 14.0. The van der Waals surface area contributed by atoms with E-state index in [0.717, 1.165) is 96.3 Å². The molecule has 1 unspecified atom stereocenters. The fraction of sp³-hybridized carbons (Fsp3) is 0.779. The van der Waals surface area contributed by atoms with Crippen molar-refractivity contribution >= 4 is 17.9 Å². The lowest BCUT2D eigenvalue weighted by molar-refractivity contribution is -0.167. The van der Waals surface area contributed by atoms with E-state index < -0.39 is 6.10 Å². The second kappa shape index (κ2) is 62.4. The summed E-state index contributed by atoms with van der Waals surface area (Å²) < 4.78 is 16.8. The standard InChI is InChI=1S/C68H120O6/c1-4-7-10-13-16-18-20-22-24-25-26-27-28-29-30-31-32-33-34-35-36-37-38-39-40-41-42-43-44-46-47-49-52-55-58-61-67(70)73-64-65(63-72-66(69)60-57-54-51-15-12-9-6-3)74-68(71)62-59-56-53-50-48-45-23-21-19-17-14-11-8-5-2/h7,10,16,18,22,24,26-27,29-30,32-33,65H,4-6,8-9,11-15,17,19-21,23,25,28,31,34-64H2,1-3H3/b10-7-,18-16-,24-22-,27-26-,30-29-,33-32-. The summed E-state index contributed by atoms with van der Waals surface area (Å²) in [5, 5.41) is 0. The molecule has 0 saturated heterocycles. The van der Waals surface area contributed by atoms with Gasteiger partial charge in [-0.25, -0.2) is 0 Å². The number of allylic oxidation sites excluding steroid dienone is 12. The van der Waals surface area contributed by atoms with Crippen molar-refractivity contribution in [2.75, 3.05) is 13.2 Å². The van der Waals surface area contributed by atoms with Crippen LogP contribution in [0.25, 0.3) is 0 Å². The predicted molar refractivity (Wildman–Crippen MR) is 321 cm³/mol. The van der Waals surface area contributed by atoms with Crippen molar-refractivity contribution in [1.82, 2.24) is 0 Å². The molecule has 0 amide bonds. The number of esters is 3. The molecule has 74 heavy (non-hydrogen) atoms. The summed E-state index contributed by atoms with van der Waals surface area (Å²) in [6, 6.07) is 0. The topological polar surface area (TPSA) is 78.9 Å². The first kappa shape index (κ1) is 70.8. The summed E-state index contributed by atoms with van der Waals surface area (Å²) in [6.07, 6.45) is 80.9. The smallest absolute Gasteiger partial charge is 0.306 e. The zero-order valence-corrected chi connectivity index (χ0v) is 49.1. The molecule has 0 bridgehead atoms. The highest BCUT2D eigenvalue weighted by Crippen LogP contribution is 2.17. The van der Waals surface area contributed by atoms with Crippen molar-refractivity contribution in [3.05, 3.63) is 72.9 Å². The molecule has 0 spiro atoms. The van der Waals surface area contributed by atoms with Crippen LogP contribution in [-0.2, 0) is 28.6 Å². The highest BCUT2D eigenvalue weighted by atomic mass is 16.6. The van der Waals surface area contributed by atoms with Gasteiger partial charge in [-0.05, 0) is 70.6 Å². The van der Waals surface area contributed by atoms with Crippen LogP contribution in [0.15, 0.2) is 72.9 Å². The van der Waals surface area contributed by atoms with E-state index in [2.05, 4.69) is 93.7 Å². The molecule has 6 heteroatoms. The summed E-state index contributed by atoms with van der Waals surface area (Å²) in [5.41, 5.74) is 0. The van der Waals surface area contributed by atoms with E-state index in [1.165, 1.54) is 186 Å². The van der Waals surface area contributed by atoms with Crippen molar-refractivity contribution in [2.24, 2.45) is 0 Å². The molecule has 0 N–H and O–H groups in total. The third-order valence-electron chi connectivity index (χ3n) is 14.0. The van der Waals surface area contributed by atoms with Gasteiger partial charge in [0.2, 0.25) is 0 Å². The van der Waals surface area contributed by atoms with Gasteiger partial charge in [0.1, 0.15) is 13.2 Å². The Hall–Kier alpha value is -3.15. The first-order valence-corrected chi connectivity index (χ1v) is 31.9. The molecule has 0 fully saturated rings. The number of rotatable bonds is 58. The summed E-state index contributed by atoms with van der Waals surface area (Å²) >= 11 is 0. The van der Waals surface area contributed by atoms with Crippen molar-refractivity contribution in [3.8, 4) is 0 Å². The Morgan fingerprint density at radius 3 is 0.824 bits per heavy atom. The third kappa shape index (κ3) is 59.7. The van der Waals surface area contributed by atoms with Gasteiger partial charge < -0.3 is 14.2 Å². The van der Waals surface area contributed by atoms with E-state index in [-0.39, 0.29) is 31.1 Å². The molecule has 0 aromatic heterocycles. The fourth-order valence-corrected chi connectivity index (χ4v) is 9.21. The second-order valence-corrected chi connectivity index (χ2v) is 21.3. The largest absolute Gasteiger partial charge is 0.462 e. The zero-order valence-electron chi connectivity index (χ0n) is 49.1. The molecular formula is C68H120O6. The zero-order chi connectivity index (χ0) is 53.6. The first-order chi connectivity index (χ1) is 36.5. The van der Waals surface area contributed by atoms with E-state index in [1.807, 2.05) is 0 Å². The highest BCUT2D eigenvalue weighted by Gasteiger charge is 2.19. The molecule has 428 valence electrons. The molecule has 0 aliphatic carbocycles. The Balaban J connectivity index is 3.97. The number of ether oxygens (including phenoxy) is 3. The minimum absolute atomic E-state index is 0.0690. The number of hydrogen-bond acceptors (Lipinski definition) is 6. The monoisotopic (exact) mass is 1030 g/mol. The van der Waals surface area contributed by atoms with Crippen LogP contribution in [0, 0.1) is 0 Å². The van der Waals surface area contributed by atoms with Crippen molar-refractivity contribution in [3.63, 3.8) is 0 Å². The second-order valence-electron chi connectivity index (χ2n) is 21.3. The molecule has 0 aromatic carbocycles. The van der Waals surface area contributed by atoms with Gasteiger partial charge in [-0.2, -0.15) is 0 Å². The maximum Gasteiger partial charge on any atom is 0.306 e. The lowest BCUT2D eigenvalue weighted by Crippen LogP contribution is -2.30. The Kier molecular flexibility index (Phi) is 59.7. The van der Waals surface area contributed by atoms with Gasteiger partial charge in [-0.3, -0.25) is 14.4 Å². The van der Waals surface area contributed by atoms with Crippen LogP contribution in [0.4, 0.5) is 0 Å². The highest BCUT2D eigenvalue weighted by molar-refractivity contribution is 5.71. The molecule has 1 atom stereocenters. The number of carbonyl (C=O) groups is 3. The van der Waals surface area contributed by atoms with E-state index in [4.69, 9.17) is 14.2 Å². The molecule has 0 saturated carbocycles. The SMILES string of the molecule is CC/C=C\C/C=C\C/C=C\C/C=C\C/C=C\C/C=C\CCCCCCCCCCCCCCCCCCC(=O)OCC(COC(=O)CCCCCCCCC)OC(=O)CCCCCCCCCCCCCCCC. The maximum absolute atomic E-state index is 12.8. The number of unbranched alkanes of at least 4 members (excludes halogenated alkanes) is 35. The van der Waals surface area contributed by atoms with Crippen LogP contribution in [0.5, 0.6) is 0 Å². The summed E-state index contributed by atoms with van der Waals surface area (Å²) in [6.45, 7) is 6.52.